The number of carboxylic acid groups (broad SMARTS) is 1. The lowest BCUT2D eigenvalue weighted by atomic mass is 10.1. The van der Waals surface area contributed by atoms with Gasteiger partial charge in [0.25, 0.3) is 0 Å². The number of hydrogen-bond donors (Lipinski definition) is 2. The molecule has 0 spiro atoms. The van der Waals surface area contributed by atoms with Crippen LogP contribution in [0.15, 0.2) is 36.4 Å². The lowest BCUT2D eigenvalue weighted by Gasteiger charge is -2.22. The van der Waals surface area contributed by atoms with E-state index in [1.54, 1.807) is 0 Å². The molecule has 0 saturated heterocycles. The van der Waals surface area contributed by atoms with Gasteiger partial charge in [-0.1, -0.05) is 28.9 Å². The van der Waals surface area contributed by atoms with Crippen molar-refractivity contribution < 1.29 is 9.90 Å². The van der Waals surface area contributed by atoms with E-state index in [0.717, 1.165) is 16.5 Å². The van der Waals surface area contributed by atoms with E-state index in [0.29, 0.717) is 23.8 Å². The SMILES string of the molecule is CCN(Cc1nn[nH]c1C(=O)O)c1ccc2cc(Cl)ccc2c1. The smallest absolute Gasteiger partial charge is 0.355 e. The van der Waals surface area contributed by atoms with Crippen molar-refractivity contribution in [1.29, 1.82) is 0 Å². The summed E-state index contributed by atoms with van der Waals surface area (Å²) in [6.07, 6.45) is 0. The molecular formula is C16H15ClN4O2. The molecule has 0 bridgehead atoms. The second-order valence-corrected chi connectivity index (χ2v) is 5.57. The first-order valence-electron chi connectivity index (χ1n) is 7.16. The lowest BCUT2D eigenvalue weighted by molar-refractivity contribution is 0.0689. The summed E-state index contributed by atoms with van der Waals surface area (Å²) in [5.41, 5.74) is 1.42. The molecule has 0 saturated carbocycles. The molecule has 7 heteroatoms. The number of nitrogens with zero attached hydrogens (tertiary/aromatic N) is 3. The van der Waals surface area contributed by atoms with Gasteiger partial charge in [-0.15, -0.1) is 5.10 Å². The summed E-state index contributed by atoms with van der Waals surface area (Å²) in [5, 5.41) is 21.9. The molecule has 23 heavy (non-hydrogen) atoms. The fourth-order valence-electron chi connectivity index (χ4n) is 2.50. The van der Waals surface area contributed by atoms with E-state index in [1.165, 1.54) is 0 Å². The highest BCUT2D eigenvalue weighted by atomic mass is 35.5. The first kappa shape index (κ1) is 15.3. The van der Waals surface area contributed by atoms with Gasteiger partial charge in [0.05, 0.1) is 6.54 Å². The van der Waals surface area contributed by atoms with Crippen molar-refractivity contribution in [2.45, 2.75) is 13.5 Å². The summed E-state index contributed by atoms with van der Waals surface area (Å²) in [5.74, 6) is -1.06. The number of fused-ring (bicyclic) bond motifs is 1. The Kier molecular flexibility index (Phi) is 4.16. The van der Waals surface area contributed by atoms with Crippen molar-refractivity contribution in [3.05, 3.63) is 52.8 Å². The van der Waals surface area contributed by atoms with Gasteiger partial charge in [0, 0.05) is 17.3 Å². The first-order chi connectivity index (χ1) is 11.1. The molecule has 1 aromatic heterocycles. The zero-order valence-electron chi connectivity index (χ0n) is 12.5. The van der Waals surface area contributed by atoms with Crippen LogP contribution < -0.4 is 4.90 Å². The van der Waals surface area contributed by atoms with Crippen LogP contribution in [0.4, 0.5) is 5.69 Å². The first-order valence-corrected chi connectivity index (χ1v) is 7.53. The summed E-state index contributed by atoms with van der Waals surface area (Å²) >= 11 is 6.01. The molecule has 0 amide bonds. The lowest BCUT2D eigenvalue weighted by Crippen LogP contribution is -2.23. The molecule has 0 aliphatic rings. The van der Waals surface area contributed by atoms with Gasteiger partial charge in [-0.25, -0.2) is 4.79 Å². The highest BCUT2D eigenvalue weighted by Crippen LogP contribution is 2.25. The molecule has 6 nitrogen and oxygen atoms in total. The molecule has 0 aliphatic carbocycles. The van der Waals surface area contributed by atoms with Crippen LogP contribution in [0, 0.1) is 0 Å². The molecule has 0 aliphatic heterocycles. The number of anilines is 1. The van der Waals surface area contributed by atoms with Crippen molar-refractivity contribution in [3.63, 3.8) is 0 Å². The predicted octanol–water partition coefficient (Wildman–Crippen LogP) is 3.34. The number of hydrogen-bond acceptors (Lipinski definition) is 4. The molecule has 0 unspecified atom stereocenters. The Hall–Kier alpha value is -2.60. The highest BCUT2D eigenvalue weighted by Gasteiger charge is 2.17. The zero-order valence-corrected chi connectivity index (χ0v) is 13.2. The second kappa shape index (κ2) is 6.26. The van der Waals surface area contributed by atoms with Crippen molar-refractivity contribution in [2.75, 3.05) is 11.4 Å². The van der Waals surface area contributed by atoms with Crippen LogP contribution in [0.25, 0.3) is 10.8 Å². The molecule has 3 aromatic rings. The third-order valence-corrected chi connectivity index (χ3v) is 3.94. The van der Waals surface area contributed by atoms with Gasteiger partial charge in [0.15, 0.2) is 5.69 Å². The van der Waals surface area contributed by atoms with Crippen LogP contribution in [-0.2, 0) is 6.54 Å². The third-order valence-electron chi connectivity index (χ3n) is 3.71. The summed E-state index contributed by atoms with van der Waals surface area (Å²) in [6, 6.07) is 11.8. The van der Waals surface area contributed by atoms with E-state index in [1.807, 2.05) is 42.2 Å². The van der Waals surface area contributed by atoms with Crippen LogP contribution in [0.5, 0.6) is 0 Å². The Bertz CT molecular complexity index is 862. The maximum Gasteiger partial charge on any atom is 0.355 e. The quantitative estimate of drug-likeness (QED) is 0.749. The maximum absolute atomic E-state index is 11.2. The van der Waals surface area contributed by atoms with E-state index < -0.39 is 5.97 Å². The van der Waals surface area contributed by atoms with Crippen LogP contribution >= 0.6 is 11.6 Å². The summed E-state index contributed by atoms with van der Waals surface area (Å²) in [6.45, 7) is 3.09. The number of benzene rings is 2. The van der Waals surface area contributed by atoms with E-state index in [9.17, 15) is 4.79 Å². The van der Waals surface area contributed by atoms with Crippen LogP contribution in [-0.4, -0.2) is 33.0 Å². The fourth-order valence-corrected chi connectivity index (χ4v) is 2.68. The van der Waals surface area contributed by atoms with E-state index in [-0.39, 0.29) is 5.69 Å². The fraction of sp³-hybridized carbons (Fsp3) is 0.188. The van der Waals surface area contributed by atoms with Crippen molar-refractivity contribution in [3.8, 4) is 0 Å². The molecule has 0 fully saturated rings. The summed E-state index contributed by atoms with van der Waals surface area (Å²) in [4.78, 5) is 13.2. The third kappa shape index (κ3) is 3.12. The monoisotopic (exact) mass is 330 g/mol. The van der Waals surface area contributed by atoms with Crippen LogP contribution in [0.1, 0.15) is 23.1 Å². The number of aromatic carboxylic acids is 1. The van der Waals surface area contributed by atoms with Gasteiger partial charge in [-0.05, 0) is 42.0 Å². The van der Waals surface area contributed by atoms with Crippen LogP contribution in [0.3, 0.4) is 0 Å². The number of aromatic amines is 1. The number of aromatic nitrogens is 3. The molecule has 1 heterocycles. The Labute approximate surface area is 137 Å². The van der Waals surface area contributed by atoms with Crippen molar-refractivity contribution >= 4 is 34.0 Å². The highest BCUT2D eigenvalue weighted by molar-refractivity contribution is 6.31. The average molecular weight is 331 g/mol. The molecule has 0 radical (unpaired) electrons. The molecule has 118 valence electrons. The molecule has 3 rings (SSSR count). The Balaban J connectivity index is 1.92. The molecule has 2 aromatic carbocycles. The van der Waals surface area contributed by atoms with Gasteiger partial charge in [-0.3, -0.25) is 5.10 Å². The van der Waals surface area contributed by atoms with Crippen LogP contribution in [0.2, 0.25) is 5.02 Å². The number of carbonyl (C=O) groups is 1. The van der Waals surface area contributed by atoms with Gasteiger partial charge in [0.1, 0.15) is 5.69 Å². The normalized spacial score (nSPS) is 10.9. The average Bonchev–Trinajstić information content (AvgIpc) is 3.00. The Morgan fingerprint density at radius 3 is 2.74 bits per heavy atom. The minimum atomic E-state index is -1.06. The zero-order chi connectivity index (χ0) is 16.4. The molecule has 0 atom stereocenters. The largest absolute Gasteiger partial charge is 0.476 e. The van der Waals surface area contributed by atoms with Crippen molar-refractivity contribution in [1.82, 2.24) is 15.4 Å². The van der Waals surface area contributed by atoms with Gasteiger partial charge >= 0.3 is 5.97 Å². The minimum absolute atomic E-state index is 0.0241. The summed E-state index contributed by atoms with van der Waals surface area (Å²) < 4.78 is 0. The Morgan fingerprint density at radius 1 is 1.26 bits per heavy atom. The maximum atomic E-state index is 11.2. The molecule has 2 N–H and O–H groups in total. The minimum Gasteiger partial charge on any atom is -0.476 e. The number of rotatable bonds is 5. The second-order valence-electron chi connectivity index (χ2n) is 5.13. The molecular weight excluding hydrogens is 316 g/mol. The van der Waals surface area contributed by atoms with E-state index >= 15 is 0 Å². The number of H-pyrrole nitrogens is 1. The predicted molar refractivity (Wildman–Crippen MR) is 89.0 cm³/mol. The number of carboxylic acids is 1. The Morgan fingerprint density at radius 2 is 2.00 bits per heavy atom. The standard InChI is InChI=1S/C16H15ClN4O2/c1-2-21(9-14-15(16(22)23)19-20-18-14)13-6-4-10-7-12(17)5-3-11(10)8-13/h3-8H,2,9H2,1H3,(H,22,23)(H,18,19,20). The van der Waals surface area contributed by atoms with Gasteiger partial charge in [-0.2, -0.15) is 0 Å². The van der Waals surface area contributed by atoms with Gasteiger partial charge < -0.3 is 10.0 Å². The van der Waals surface area contributed by atoms with Gasteiger partial charge in [0.2, 0.25) is 0 Å². The van der Waals surface area contributed by atoms with Crippen molar-refractivity contribution in [2.24, 2.45) is 0 Å². The summed E-state index contributed by atoms with van der Waals surface area (Å²) in [7, 11) is 0. The topological polar surface area (TPSA) is 82.1 Å². The van der Waals surface area contributed by atoms with E-state index in [4.69, 9.17) is 16.7 Å². The number of nitrogens with one attached hydrogen (secondary N) is 1. The number of halogens is 1. The van der Waals surface area contributed by atoms with E-state index in [2.05, 4.69) is 21.5 Å².